The summed E-state index contributed by atoms with van der Waals surface area (Å²) in [6.07, 6.45) is -22.7. The highest BCUT2D eigenvalue weighted by Gasteiger charge is 2.68. The largest absolute Gasteiger partial charge is 0.453 e. The van der Waals surface area contributed by atoms with Crippen LogP contribution in [0.5, 0.6) is 0 Å². The van der Waals surface area contributed by atoms with E-state index in [0.29, 0.717) is 0 Å². The summed E-state index contributed by atoms with van der Waals surface area (Å²) in [5, 5.41) is 0. The molecule has 0 fully saturated rings. The molecule has 2 nitrogen and oxygen atoms in total. The lowest BCUT2D eigenvalue weighted by Crippen LogP contribution is -2.57. The minimum atomic E-state index is -6.42. The first kappa shape index (κ1) is 21.3. The third kappa shape index (κ3) is 4.18. The molecule has 0 aliphatic rings. The first-order chi connectivity index (χ1) is 9.49. The van der Waals surface area contributed by atoms with Crippen molar-refractivity contribution in [2.24, 2.45) is 0 Å². The molecule has 0 saturated carbocycles. The third-order valence-electron chi connectivity index (χ3n) is 2.01. The molecule has 0 aromatic rings. The number of rotatable bonds is 6. The van der Waals surface area contributed by atoms with Crippen LogP contribution < -0.4 is 0 Å². The standard InChI is InChI=1S/C7H6F12O2Si/c1-22(20-4(12,2(8)9)6(14,15)16)21-5(13,3(10)11)7(17,18)19/h2-3,22H,1H3. The molecule has 15 heteroatoms. The smallest absolute Gasteiger partial charge is 0.353 e. The summed E-state index contributed by atoms with van der Waals surface area (Å²) in [5.74, 6) is -11.6. The molecule has 0 radical (unpaired) electrons. The van der Waals surface area contributed by atoms with Gasteiger partial charge in [-0.3, -0.25) is 0 Å². The van der Waals surface area contributed by atoms with Crippen LogP contribution in [0.4, 0.5) is 52.7 Å². The van der Waals surface area contributed by atoms with Gasteiger partial charge in [0.2, 0.25) is 0 Å². The minimum absolute atomic E-state index is 0.0326. The Bertz CT molecular complexity index is 335. The molecule has 0 amide bonds. The van der Waals surface area contributed by atoms with E-state index >= 15 is 0 Å². The van der Waals surface area contributed by atoms with Gasteiger partial charge in [0.05, 0.1) is 0 Å². The van der Waals surface area contributed by atoms with Crippen LogP contribution in [0.1, 0.15) is 0 Å². The van der Waals surface area contributed by atoms with E-state index in [9.17, 15) is 52.7 Å². The summed E-state index contributed by atoms with van der Waals surface area (Å²) in [7, 11) is -4.91. The van der Waals surface area contributed by atoms with Crippen LogP contribution in [0, 0.1) is 0 Å². The molecule has 0 N–H and O–H groups in total. The zero-order chi connectivity index (χ0) is 18.1. The number of hydrogen-bond donors (Lipinski definition) is 0. The Morgan fingerprint density at radius 1 is 0.636 bits per heavy atom. The topological polar surface area (TPSA) is 18.5 Å². The van der Waals surface area contributed by atoms with Gasteiger partial charge in [-0.25, -0.2) is 17.6 Å². The second-order valence-corrected chi connectivity index (χ2v) is 5.30. The van der Waals surface area contributed by atoms with Crippen molar-refractivity contribution in [3.05, 3.63) is 0 Å². The van der Waals surface area contributed by atoms with E-state index in [2.05, 4.69) is 8.85 Å². The van der Waals surface area contributed by atoms with Crippen molar-refractivity contribution >= 4 is 9.28 Å². The van der Waals surface area contributed by atoms with Gasteiger partial charge in [-0.15, -0.1) is 0 Å². The van der Waals surface area contributed by atoms with Crippen LogP contribution in [0.25, 0.3) is 0 Å². The summed E-state index contributed by atoms with van der Waals surface area (Å²) < 4.78 is 153. The molecule has 0 bridgehead atoms. The first-order valence-corrected chi connectivity index (χ1v) is 7.02. The van der Waals surface area contributed by atoms with Crippen LogP contribution >= 0.6 is 0 Å². The molecule has 0 rings (SSSR count). The average molecular weight is 378 g/mol. The highest BCUT2D eigenvalue weighted by molar-refractivity contribution is 6.42. The fourth-order valence-electron chi connectivity index (χ4n) is 0.991. The molecule has 2 unspecified atom stereocenters. The lowest BCUT2D eigenvalue weighted by Gasteiger charge is -2.33. The van der Waals surface area contributed by atoms with E-state index in [-0.39, 0.29) is 6.55 Å². The van der Waals surface area contributed by atoms with Gasteiger partial charge in [0.15, 0.2) is 0 Å². The molecular weight excluding hydrogens is 372 g/mol. The van der Waals surface area contributed by atoms with E-state index in [4.69, 9.17) is 0 Å². The van der Waals surface area contributed by atoms with E-state index in [1.165, 1.54) is 0 Å². The molecule has 22 heavy (non-hydrogen) atoms. The van der Waals surface area contributed by atoms with Crippen molar-refractivity contribution in [2.75, 3.05) is 0 Å². The van der Waals surface area contributed by atoms with E-state index in [1.807, 2.05) is 0 Å². The molecule has 0 aromatic heterocycles. The predicted octanol–water partition coefficient (Wildman–Crippen LogP) is 3.86. The quantitative estimate of drug-likeness (QED) is 0.516. The van der Waals surface area contributed by atoms with E-state index in [0.717, 1.165) is 0 Å². The molecule has 0 saturated heterocycles. The lowest BCUT2D eigenvalue weighted by molar-refractivity contribution is -0.365. The summed E-state index contributed by atoms with van der Waals surface area (Å²) in [6.45, 7) is 0.0326. The first-order valence-electron chi connectivity index (χ1n) is 4.92. The van der Waals surface area contributed by atoms with E-state index in [1.54, 1.807) is 0 Å². The maximum atomic E-state index is 13.0. The van der Waals surface area contributed by atoms with Gasteiger partial charge in [0.25, 0.3) is 0 Å². The van der Waals surface area contributed by atoms with Crippen molar-refractivity contribution in [1.82, 2.24) is 0 Å². The molecule has 0 aliphatic carbocycles. The van der Waals surface area contributed by atoms with Crippen LogP contribution in [0.15, 0.2) is 0 Å². The van der Waals surface area contributed by atoms with Gasteiger partial charge in [-0.2, -0.15) is 35.1 Å². The fraction of sp³-hybridized carbons (Fsp3) is 1.00. The van der Waals surface area contributed by atoms with Crippen LogP contribution in [-0.2, 0) is 8.85 Å². The van der Waals surface area contributed by atoms with Gasteiger partial charge in [0, 0.05) is 0 Å². The number of halogens is 12. The van der Waals surface area contributed by atoms with Crippen LogP contribution in [-0.4, -0.2) is 46.2 Å². The summed E-state index contributed by atoms with van der Waals surface area (Å²) in [5.41, 5.74) is 0. The Kier molecular flexibility index (Phi) is 6.22. The molecule has 0 heterocycles. The molecule has 0 aliphatic heterocycles. The molecular formula is C7H6F12O2Si. The molecule has 0 aromatic carbocycles. The highest BCUT2D eigenvalue weighted by atomic mass is 28.3. The maximum Gasteiger partial charge on any atom is 0.453 e. The Morgan fingerprint density at radius 2 is 0.864 bits per heavy atom. The molecule has 134 valence electrons. The predicted molar refractivity (Wildman–Crippen MR) is 47.0 cm³/mol. The Morgan fingerprint density at radius 3 is 1.00 bits per heavy atom. The average Bonchev–Trinajstić information content (AvgIpc) is 2.24. The number of hydrogen-bond acceptors (Lipinski definition) is 2. The normalized spacial score (nSPS) is 20.9. The van der Waals surface area contributed by atoms with Gasteiger partial charge >= 0.3 is 46.2 Å². The van der Waals surface area contributed by atoms with Gasteiger partial charge in [-0.1, -0.05) is 0 Å². The summed E-state index contributed by atoms with van der Waals surface area (Å²) >= 11 is 0. The summed E-state index contributed by atoms with van der Waals surface area (Å²) in [6, 6.07) is 0. The van der Waals surface area contributed by atoms with Crippen molar-refractivity contribution in [3.8, 4) is 0 Å². The fourth-order valence-corrected chi connectivity index (χ4v) is 2.48. The molecule has 0 spiro atoms. The van der Waals surface area contributed by atoms with Gasteiger partial charge in [-0.05, 0) is 6.55 Å². The van der Waals surface area contributed by atoms with E-state index < -0.39 is 46.2 Å². The Hall–Kier alpha value is -0.703. The van der Waals surface area contributed by atoms with Crippen molar-refractivity contribution < 1.29 is 61.5 Å². The second-order valence-electron chi connectivity index (χ2n) is 3.69. The van der Waals surface area contributed by atoms with Gasteiger partial charge in [0.1, 0.15) is 0 Å². The van der Waals surface area contributed by atoms with Crippen molar-refractivity contribution in [3.63, 3.8) is 0 Å². The minimum Gasteiger partial charge on any atom is -0.353 e. The third-order valence-corrected chi connectivity index (χ3v) is 3.36. The lowest BCUT2D eigenvalue weighted by atomic mass is 10.3. The van der Waals surface area contributed by atoms with Crippen molar-refractivity contribution in [2.45, 2.75) is 43.5 Å². The Labute approximate surface area is 115 Å². The van der Waals surface area contributed by atoms with Crippen LogP contribution in [0.3, 0.4) is 0 Å². The zero-order valence-electron chi connectivity index (χ0n) is 10.1. The van der Waals surface area contributed by atoms with Gasteiger partial charge < -0.3 is 8.85 Å². The monoisotopic (exact) mass is 378 g/mol. The zero-order valence-corrected chi connectivity index (χ0v) is 11.2. The summed E-state index contributed by atoms with van der Waals surface area (Å²) in [4.78, 5) is 0. The second kappa shape index (κ2) is 6.43. The van der Waals surface area contributed by atoms with Crippen molar-refractivity contribution in [1.29, 1.82) is 0 Å². The Balaban J connectivity index is 5.33. The highest BCUT2D eigenvalue weighted by Crippen LogP contribution is 2.43. The molecule has 2 atom stereocenters. The maximum absolute atomic E-state index is 13.0. The number of alkyl halides is 12. The van der Waals surface area contributed by atoms with Crippen LogP contribution in [0.2, 0.25) is 6.55 Å². The SMILES string of the molecule is C[SiH](OC(F)(C(F)F)C(F)(F)F)OC(F)(C(F)F)C(F)(F)F.